The number of halogens is 2. The van der Waals surface area contributed by atoms with Crippen LogP contribution in [0.5, 0.6) is 0 Å². The van der Waals surface area contributed by atoms with E-state index in [1.165, 1.54) is 5.56 Å². The summed E-state index contributed by atoms with van der Waals surface area (Å²) in [5.74, 6) is 0.0726. The van der Waals surface area contributed by atoms with Gasteiger partial charge in [0.2, 0.25) is 5.91 Å². The molecule has 19 heavy (non-hydrogen) atoms. The summed E-state index contributed by atoms with van der Waals surface area (Å²) in [4.78, 5) is 14.2. The first-order valence-electron chi connectivity index (χ1n) is 6.16. The second-order valence-electron chi connectivity index (χ2n) is 4.86. The molecule has 1 aromatic carbocycles. The summed E-state index contributed by atoms with van der Waals surface area (Å²) in [6, 6.07) is 5.81. The van der Waals surface area contributed by atoms with Crippen LogP contribution in [0.1, 0.15) is 12.0 Å². The van der Waals surface area contributed by atoms with Crippen LogP contribution >= 0.6 is 28.3 Å². The molecule has 0 radical (unpaired) electrons. The summed E-state index contributed by atoms with van der Waals surface area (Å²) in [6.07, 6.45) is 1.02. The Morgan fingerprint density at radius 1 is 1.47 bits per heavy atom. The lowest BCUT2D eigenvalue weighted by Gasteiger charge is -2.21. The molecule has 2 atom stereocenters. The highest BCUT2D eigenvalue weighted by molar-refractivity contribution is 9.10. The normalized spacial score (nSPS) is 25.1. The van der Waals surface area contributed by atoms with Gasteiger partial charge in [-0.2, -0.15) is 0 Å². The minimum Gasteiger partial charge on any atom is -0.392 e. The number of nitrogens with zero attached hydrogens (tertiary/aromatic N) is 1. The summed E-state index contributed by atoms with van der Waals surface area (Å²) in [6.45, 7) is 1.24. The van der Waals surface area contributed by atoms with E-state index in [9.17, 15) is 9.90 Å². The van der Waals surface area contributed by atoms with E-state index in [-0.39, 0.29) is 24.4 Å². The van der Waals surface area contributed by atoms with Crippen LogP contribution < -0.4 is 10.2 Å². The third kappa shape index (κ3) is 2.79. The molecule has 1 saturated heterocycles. The predicted octanol–water partition coefficient (Wildman–Crippen LogP) is 1.48. The summed E-state index contributed by atoms with van der Waals surface area (Å²) >= 11 is 3.44. The van der Waals surface area contributed by atoms with Gasteiger partial charge in [-0.25, -0.2) is 0 Å². The lowest BCUT2D eigenvalue weighted by atomic mass is 10.1. The van der Waals surface area contributed by atoms with Crippen molar-refractivity contribution in [1.29, 1.82) is 0 Å². The Labute approximate surface area is 126 Å². The fraction of sp³-hybridized carbons (Fsp3) is 0.462. The Morgan fingerprint density at radius 2 is 2.26 bits per heavy atom. The lowest BCUT2D eigenvalue weighted by Crippen LogP contribution is -2.42. The van der Waals surface area contributed by atoms with E-state index in [1.54, 1.807) is 0 Å². The van der Waals surface area contributed by atoms with Crippen molar-refractivity contribution in [1.82, 2.24) is 5.32 Å². The maximum Gasteiger partial charge on any atom is 0.244 e. The van der Waals surface area contributed by atoms with E-state index >= 15 is 0 Å². The molecule has 0 saturated carbocycles. The second kappa shape index (κ2) is 5.79. The number of hydrogen-bond acceptors (Lipinski definition) is 3. The average molecular weight is 348 g/mol. The molecule has 0 spiro atoms. The van der Waals surface area contributed by atoms with Gasteiger partial charge in [-0.3, -0.25) is 4.79 Å². The molecule has 2 unspecified atom stereocenters. The fourth-order valence-electron chi connectivity index (χ4n) is 2.67. The third-order valence-corrected chi connectivity index (χ3v) is 4.11. The third-order valence-electron chi connectivity index (χ3n) is 3.61. The summed E-state index contributed by atoms with van der Waals surface area (Å²) < 4.78 is 0.986. The Balaban J connectivity index is 0.00000133. The van der Waals surface area contributed by atoms with Crippen LogP contribution in [0.2, 0.25) is 0 Å². The van der Waals surface area contributed by atoms with Gasteiger partial charge in [-0.1, -0.05) is 22.0 Å². The number of hydrogen-bond donors (Lipinski definition) is 2. The number of amides is 1. The molecule has 1 aromatic rings. The van der Waals surface area contributed by atoms with Gasteiger partial charge in [0.15, 0.2) is 0 Å². The highest BCUT2D eigenvalue weighted by atomic mass is 79.9. The van der Waals surface area contributed by atoms with Gasteiger partial charge in [0.1, 0.15) is 0 Å². The number of carbonyl (C=O) groups excluding carboxylic acids is 1. The first-order valence-corrected chi connectivity index (χ1v) is 6.95. The van der Waals surface area contributed by atoms with Gasteiger partial charge >= 0.3 is 0 Å². The van der Waals surface area contributed by atoms with E-state index < -0.39 is 6.10 Å². The number of nitrogens with one attached hydrogen (secondary N) is 1. The number of carbonyl (C=O) groups is 1. The molecule has 2 aliphatic rings. The van der Waals surface area contributed by atoms with Gasteiger partial charge in [0.25, 0.3) is 0 Å². The van der Waals surface area contributed by atoms with Crippen molar-refractivity contribution < 1.29 is 9.90 Å². The Bertz CT molecular complexity index is 498. The van der Waals surface area contributed by atoms with Crippen LogP contribution in [0, 0.1) is 0 Å². The largest absolute Gasteiger partial charge is 0.392 e. The molecular weight excluding hydrogens is 332 g/mol. The first-order chi connectivity index (χ1) is 8.65. The van der Waals surface area contributed by atoms with Crippen LogP contribution in [-0.2, 0) is 11.2 Å². The van der Waals surface area contributed by atoms with Gasteiger partial charge in [0.05, 0.1) is 12.1 Å². The van der Waals surface area contributed by atoms with Crippen LogP contribution in [0.4, 0.5) is 5.69 Å². The standard InChI is InChI=1S/C13H15BrN2O2.ClH/c14-9-2-1-8-3-4-16(12(8)5-9)13(18)11-6-10(17)7-15-11;/h1-2,5,10-11,15,17H,3-4,6-7H2;1H. The highest BCUT2D eigenvalue weighted by Gasteiger charge is 2.34. The predicted molar refractivity (Wildman–Crippen MR) is 79.9 cm³/mol. The van der Waals surface area contributed by atoms with Crippen LogP contribution in [0.15, 0.2) is 22.7 Å². The van der Waals surface area contributed by atoms with E-state index in [1.807, 2.05) is 17.0 Å². The molecule has 4 nitrogen and oxygen atoms in total. The van der Waals surface area contributed by atoms with Crippen LogP contribution in [0.3, 0.4) is 0 Å². The number of β-amino-alcohol motifs (C(OH)–C–C–N with tert-alkyl or cyclic N) is 1. The first kappa shape index (κ1) is 14.8. The number of aliphatic hydroxyl groups excluding tert-OH is 1. The van der Waals surface area contributed by atoms with Crippen molar-refractivity contribution in [3.8, 4) is 0 Å². The number of benzene rings is 1. The van der Waals surface area contributed by atoms with Crippen molar-refractivity contribution in [3.63, 3.8) is 0 Å². The topological polar surface area (TPSA) is 52.6 Å². The molecule has 2 N–H and O–H groups in total. The molecule has 0 bridgehead atoms. The molecule has 6 heteroatoms. The number of fused-ring (bicyclic) bond motifs is 1. The smallest absolute Gasteiger partial charge is 0.244 e. The maximum atomic E-state index is 12.4. The summed E-state index contributed by atoms with van der Waals surface area (Å²) in [7, 11) is 0. The van der Waals surface area contributed by atoms with E-state index in [4.69, 9.17) is 0 Å². The zero-order valence-electron chi connectivity index (χ0n) is 10.3. The Hall–Kier alpha value is -0.620. The Kier molecular flexibility index (Phi) is 4.50. The van der Waals surface area contributed by atoms with Gasteiger partial charge < -0.3 is 15.3 Å². The monoisotopic (exact) mass is 346 g/mol. The van der Waals surface area contributed by atoms with Crippen molar-refractivity contribution in [2.24, 2.45) is 0 Å². The maximum absolute atomic E-state index is 12.4. The van der Waals surface area contributed by atoms with Crippen LogP contribution in [-0.4, -0.2) is 36.2 Å². The fourth-order valence-corrected chi connectivity index (χ4v) is 3.02. The Morgan fingerprint density at radius 3 is 2.95 bits per heavy atom. The van der Waals surface area contributed by atoms with Gasteiger partial charge in [0, 0.05) is 23.2 Å². The molecular formula is C13H16BrClN2O2. The highest BCUT2D eigenvalue weighted by Crippen LogP contribution is 2.31. The number of aliphatic hydroxyl groups is 1. The summed E-state index contributed by atoms with van der Waals surface area (Å²) in [5, 5.41) is 12.6. The molecule has 2 heterocycles. The van der Waals surface area contributed by atoms with Crippen molar-refractivity contribution in [2.75, 3.05) is 18.0 Å². The number of rotatable bonds is 1. The number of anilines is 1. The van der Waals surface area contributed by atoms with E-state index in [2.05, 4.69) is 27.3 Å². The minimum absolute atomic E-state index is 0. The molecule has 3 rings (SSSR count). The van der Waals surface area contributed by atoms with Gasteiger partial charge in [-0.15, -0.1) is 12.4 Å². The molecule has 0 aromatic heterocycles. The minimum atomic E-state index is -0.400. The van der Waals surface area contributed by atoms with Crippen LogP contribution in [0.25, 0.3) is 0 Å². The van der Waals surface area contributed by atoms with E-state index in [0.717, 1.165) is 23.1 Å². The van der Waals surface area contributed by atoms with Crippen molar-refractivity contribution in [3.05, 3.63) is 28.2 Å². The SMILES string of the molecule is Cl.O=C(C1CC(O)CN1)N1CCc2ccc(Br)cc21. The second-order valence-corrected chi connectivity index (χ2v) is 5.78. The molecule has 1 amide bonds. The van der Waals surface area contributed by atoms with E-state index in [0.29, 0.717) is 13.0 Å². The molecule has 2 aliphatic heterocycles. The average Bonchev–Trinajstić information content (AvgIpc) is 2.94. The summed E-state index contributed by atoms with van der Waals surface area (Å²) in [5.41, 5.74) is 2.21. The zero-order valence-corrected chi connectivity index (χ0v) is 12.7. The zero-order chi connectivity index (χ0) is 12.7. The van der Waals surface area contributed by atoms with Crippen molar-refractivity contribution in [2.45, 2.75) is 25.0 Å². The molecule has 0 aliphatic carbocycles. The lowest BCUT2D eigenvalue weighted by molar-refractivity contribution is -0.120. The quantitative estimate of drug-likeness (QED) is 0.809. The van der Waals surface area contributed by atoms with Crippen molar-refractivity contribution >= 4 is 39.9 Å². The molecule has 104 valence electrons. The molecule has 1 fully saturated rings. The van der Waals surface area contributed by atoms with Gasteiger partial charge in [-0.05, 0) is 30.5 Å².